The summed E-state index contributed by atoms with van der Waals surface area (Å²) < 4.78 is -0.458. The Morgan fingerprint density at radius 2 is 1.79 bits per heavy atom. The van der Waals surface area contributed by atoms with Crippen LogP contribution in [0, 0.1) is 5.41 Å². The molecular weight excluding hydrogens is 196 g/mol. The molecule has 0 heterocycles. The van der Waals surface area contributed by atoms with Gasteiger partial charge in [0.1, 0.15) is 4.75 Å². The molecule has 0 amide bonds. The first-order chi connectivity index (χ1) is 6.54. The van der Waals surface area contributed by atoms with Gasteiger partial charge in [0.2, 0.25) is 0 Å². The minimum Gasteiger partial charge on any atom is -0.480 e. The lowest BCUT2D eigenvalue weighted by molar-refractivity contribution is -0.147. The van der Waals surface area contributed by atoms with Crippen LogP contribution in [0.3, 0.4) is 0 Å². The molecule has 0 saturated heterocycles. The summed E-state index contributed by atoms with van der Waals surface area (Å²) in [7, 11) is 0. The molecule has 0 aromatic rings. The van der Waals surface area contributed by atoms with Crippen LogP contribution in [0.25, 0.3) is 0 Å². The van der Waals surface area contributed by atoms with Crippen molar-refractivity contribution in [1.82, 2.24) is 0 Å². The lowest BCUT2D eigenvalue weighted by Crippen LogP contribution is -2.54. The Morgan fingerprint density at radius 3 is 2.07 bits per heavy atom. The lowest BCUT2D eigenvalue weighted by Gasteiger charge is -2.53. The van der Waals surface area contributed by atoms with Gasteiger partial charge in [-0.3, -0.25) is 4.79 Å². The second-order valence-electron chi connectivity index (χ2n) is 4.29. The van der Waals surface area contributed by atoms with Crippen molar-refractivity contribution in [2.24, 2.45) is 5.41 Å². The van der Waals surface area contributed by atoms with E-state index in [9.17, 15) is 9.90 Å². The molecule has 14 heavy (non-hydrogen) atoms. The van der Waals surface area contributed by atoms with Gasteiger partial charge in [-0.15, -0.1) is 11.8 Å². The molecule has 0 aromatic heterocycles. The summed E-state index contributed by atoms with van der Waals surface area (Å²) in [5.74, 6) is 0.289. The van der Waals surface area contributed by atoms with Crippen LogP contribution >= 0.6 is 11.8 Å². The van der Waals surface area contributed by atoms with Crippen LogP contribution in [-0.2, 0) is 4.79 Å². The fourth-order valence-electron chi connectivity index (χ4n) is 2.50. The van der Waals surface area contributed by atoms with E-state index in [0.717, 1.165) is 31.4 Å². The summed E-state index contributed by atoms with van der Waals surface area (Å²) in [4.78, 5) is 11.2. The first kappa shape index (κ1) is 11.9. The van der Waals surface area contributed by atoms with Crippen molar-refractivity contribution in [1.29, 1.82) is 0 Å². The first-order valence-electron chi connectivity index (χ1n) is 5.41. The molecule has 1 saturated carbocycles. The van der Waals surface area contributed by atoms with E-state index in [1.807, 2.05) is 6.92 Å². The van der Waals surface area contributed by atoms with E-state index in [4.69, 9.17) is 0 Å². The predicted octanol–water partition coefficient (Wildman–Crippen LogP) is 3.16. The van der Waals surface area contributed by atoms with Gasteiger partial charge in [0.15, 0.2) is 0 Å². The van der Waals surface area contributed by atoms with Crippen molar-refractivity contribution >= 4 is 17.7 Å². The maximum Gasteiger partial charge on any atom is 0.319 e. The average molecular weight is 216 g/mol. The highest BCUT2D eigenvalue weighted by Gasteiger charge is 2.57. The summed E-state index contributed by atoms with van der Waals surface area (Å²) in [5.41, 5.74) is 0.320. The topological polar surface area (TPSA) is 37.3 Å². The SMILES string of the molecule is CCSC1(C(=O)O)CC(CC)(CC)C1. The fraction of sp³-hybridized carbons (Fsp3) is 0.909. The number of carboxylic acids is 1. The average Bonchev–Trinajstić information content (AvgIpc) is 2.10. The highest BCUT2D eigenvalue weighted by Crippen LogP contribution is 2.59. The smallest absolute Gasteiger partial charge is 0.319 e. The van der Waals surface area contributed by atoms with Crippen LogP contribution in [-0.4, -0.2) is 21.6 Å². The van der Waals surface area contributed by atoms with Gasteiger partial charge in [0.25, 0.3) is 0 Å². The van der Waals surface area contributed by atoms with Gasteiger partial charge in [-0.2, -0.15) is 0 Å². The van der Waals surface area contributed by atoms with E-state index < -0.39 is 10.7 Å². The summed E-state index contributed by atoms with van der Waals surface area (Å²) in [6.45, 7) is 6.38. The number of carbonyl (C=O) groups is 1. The molecule has 1 N–H and O–H groups in total. The maximum atomic E-state index is 11.2. The number of aliphatic carboxylic acids is 1. The highest BCUT2D eigenvalue weighted by atomic mass is 32.2. The summed E-state index contributed by atoms with van der Waals surface area (Å²) >= 11 is 1.61. The standard InChI is InChI=1S/C11H20O2S/c1-4-10(5-2)7-11(8-10,9(12)13)14-6-3/h4-8H2,1-3H3,(H,12,13). The van der Waals surface area contributed by atoms with Gasteiger partial charge < -0.3 is 5.11 Å². The van der Waals surface area contributed by atoms with Crippen molar-refractivity contribution in [2.45, 2.75) is 51.2 Å². The molecule has 0 unspecified atom stereocenters. The van der Waals surface area contributed by atoms with Gasteiger partial charge in [-0.05, 0) is 24.0 Å². The molecule has 2 nitrogen and oxygen atoms in total. The molecule has 1 aliphatic rings. The predicted molar refractivity (Wildman–Crippen MR) is 60.7 cm³/mol. The second kappa shape index (κ2) is 4.13. The Kier molecular flexibility index (Phi) is 3.51. The first-order valence-corrected chi connectivity index (χ1v) is 6.40. The third kappa shape index (κ3) is 1.79. The molecule has 0 aliphatic heterocycles. The Balaban J connectivity index is 2.67. The Hall–Kier alpha value is -0.180. The van der Waals surface area contributed by atoms with E-state index >= 15 is 0 Å². The van der Waals surface area contributed by atoms with E-state index in [1.165, 1.54) is 0 Å². The Bertz CT molecular complexity index is 213. The molecule has 82 valence electrons. The number of hydrogen-bond acceptors (Lipinski definition) is 2. The van der Waals surface area contributed by atoms with Crippen LogP contribution < -0.4 is 0 Å². The quantitative estimate of drug-likeness (QED) is 0.767. The molecule has 3 heteroatoms. The second-order valence-corrected chi connectivity index (χ2v) is 5.94. The van der Waals surface area contributed by atoms with Gasteiger partial charge >= 0.3 is 5.97 Å². The molecule has 0 aromatic carbocycles. The number of rotatable bonds is 5. The summed E-state index contributed by atoms with van der Waals surface area (Å²) in [6.07, 6.45) is 3.95. The lowest BCUT2D eigenvalue weighted by atomic mass is 9.58. The van der Waals surface area contributed by atoms with Gasteiger partial charge in [-0.1, -0.05) is 33.6 Å². The minimum atomic E-state index is -0.609. The van der Waals surface area contributed by atoms with Gasteiger partial charge in [-0.25, -0.2) is 0 Å². The zero-order valence-corrected chi connectivity index (χ0v) is 10.1. The Labute approximate surface area is 90.5 Å². The van der Waals surface area contributed by atoms with E-state index in [2.05, 4.69) is 13.8 Å². The van der Waals surface area contributed by atoms with Gasteiger partial charge in [0, 0.05) is 0 Å². The molecule has 1 fully saturated rings. The van der Waals surface area contributed by atoms with Crippen LogP contribution in [0.4, 0.5) is 0 Å². The Morgan fingerprint density at radius 1 is 1.29 bits per heavy atom. The zero-order chi connectivity index (χ0) is 10.8. The van der Waals surface area contributed by atoms with Gasteiger partial charge in [0.05, 0.1) is 0 Å². The normalized spacial score (nSPS) is 22.8. The fourth-order valence-corrected chi connectivity index (χ4v) is 3.99. The molecule has 1 aliphatic carbocycles. The third-order valence-corrected chi connectivity index (χ3v) is 4.94. The molecule has 0 bridgehead atoms. The number of hydrogen-bond donors (Lipinski definition) is 1. The summed E-state index contributed by atoms with van der Waals surface area (Å²) in [6, 6.07) is 0. The van der Waals surface area contributed by atoms with Crippen molar-refractivity contribution in [3.05, 3.63) is 0 Å². The van der Waals surface area contributed by atoms with Crippen LogP contribution in [0.15, 0.2) is 0 Å². The van der Waals surface area contributed by atoms with Crippen molar-refractivity contribution < 1.29 is 9.90 Å². The third-order valence-electron chi connectivity index (χ3n) is 3.63. The minimum absolute atomic E-state index is 0.320. The van der Waals surface area contributed by atoms with Crippen molar-refractivity contribution in [3.63, 3.8) is 0 Å². The molecule has 0 atom stereocenters. The van der Waals surface area contributed by atoms with E-state index in [1.54, 1.807) is 11.8 Å². The molecular formula is C11H20O2S. The van der Waals surface area contributed by atoms with Crippen molar-refractivity contribution in [3.8, 4) is 0 Å². The molecule has 0 radical (unpaired) electrons. The summed E-state index contributed by atoms with van der Waals surface area (Å²) in [5, 5.41) is 9.22. The molecule has 0 spiro atoms. The molecule has 1 rings (SSSR count). The van der Waals surface area contributed by atoms with Crippen LogP contribution in [0.5, 0.6) is 0 Å². The number of thioether (sulfide) groups is 1. The largest absolute Gasteiger partial charge is 0.480 e. The zero-order valence-electron chi connectivity index (χ0n) is 9.30. The van der Waals surface area contributed by atoms with Crippen LogP contribution in [0.1, 0.15) is 46.5 Å². The maximum absolute atomic E-state index is 11.2. The van der Waals surface area contributed by atoms with Crippen molar-refractivity contribution in [2.75, 3.05) is 5.75 Å². The van der Waals surface area contributed by atoms with E-state index in [-0.39, 0.29) is 0 Å². The van der Waals surface area contributed by atoms with Crippen LogP contribution in [0.2, 0.25) is 0 Å². The highest BCUT2D eigenvalue weighted by molar-refractivity contribution is 8.01. The monoisotopic (exact) mass is 216 g/mol. The number of carboxylic acid groups (broad SMARTS) is 1. The van der Waals surface area contributed by atoms with E-state index in [0.29, 0.717) is 5.41 Å².